The largest absolute Gasteiger partial charge is 0.379 e. The first-order chi connectivity index (χ1) is 5.70. The van der Waals surface area contributed by atoms with E-state index in [9.17, 15) is 10.1 Å². The molecule has 1 unspecified atom stereocenters. The molecule has 0 aromatic heterocycles. The maximum Gasteiger partial charge on any atom is 0.278 e. The Hall–Kier alpha value is -0.200. The third-order valence-corrected chi connectivity index (χ3v) is 2.37. The molecule has 0 amide bonds. The van der Waals surface area contributed by atoms with Crippen molar-refractivity contribution < 1.29 is 9.66 Å². The summed E-state index contributed by atoms with van der Waals surface area (Å²) in [5.74, 6) is 0. The maximum atomic E-state index is 10.3. The van der Waals surface area contributed by atoms with Crippen LogP contribution in [0.15, 0.2) is 0 Å². The first-order valence-corrected chi connectivity index (χ1v) is 4.69. The van der Waals surface area contributed by atoms with Crippen LogP contribution in [0, 0.1) is 10.1 Å². The van der Waals surface area contributed by atoms with Crippen molar-refractivity contribution in [3.05, 3.63) is 10.1 Å². The fraction of sp³-hybridized carbons (Fsp3) is 1.00. The lowest BCUT2D eigenvalue weighted by Crippen LogP contribution is -2.41. The zero-order valence-electron chi connectivity index (χ0n) is 6.61. The molecule has 0 radical (unpaired) electrons. The molecule has 0 N–H and O–H groups in total. The lowest BCUT2D eigenvalue weighted by Gasteiger charge is -2.25. The molecule has 1 aliphatic rings. The highest BCUT2D eigenvalue weighted by Crippen LogP contribution is 2.05. The topological polar surface area (TPSA) is 55.6 Å². The molecule has 1 rings (SSSR count). The van der Waals surface area contributed by atoms with Crippen molar-refractivity contribution >= 4 is 15.9 Å². The molecule has 6 heteroatoms. The highest BCUT2D eigenvalue weighted by atomic mass is 79.9. The Balaban J connectivity index is 2.24. The molecule has 1 fully saturated rings. The predicted octanol–water partition coefficient (Wildman–Crippen LogP) is 0.316. The summed E-state index contributed by atoms with van der Waals surface area (Å²) in [5.41, 5.74) is 0. The van der Waals surface area contributed by atoms with Gasteiger partial charge in [0.25, 0.3) is 4.95 Å². The minimum Gasteiger partial charge on any atom is -0.379 e. The van der Waals surface area contributed by atoms with Crippen molar-refractivity contribution in [2.24, 2.45) is 0 Å². The number of nitro groups is 1. The third-order valence-electron chi connectivity index (χ3n) is 1.74. The van der Waals surface area contributed by atoms with Gasteiger partial charge in [0.1, 0.15) is 0 Å². The SMILES string of the molecule is O=[N+]([O-])C(Br)CN1CCOCC1. The van der Waals surface area contributed by atoms with E-state index in [1.165, 1.54) is 0 Å². The van der Waals surface area contributed by atoms with Gasteiger partial charge in [-0.05, 0) is 15.9 Å². The molecule has 5 nitrogen and oxygen atoms in total. The molecule has 0 bridgehead atoms. The molecule has 0 aromatic carbocycles. The molecule has 1 aliphatic heterocycles. The van der Waals surface area contributed by atoms with Gasteiger partial charge in [-0.3, -0.25) is 15.0 Å². The fourth-order valence-electron chi connectivity index (χ4n) is 1.06. The summed E-state index contributed by atoms with van der Waals surface area (Å²) in [4.78, 5) is 11.3. The molecular formula is C6H11BrN2O3. The Morgan fingerprint density at radius 3 is 2.67 bits per heavy atom. The van der Waals surface area contributed by atoms with Crippen LogP contribution in [0.1, 0.15) is 0 Å². The number of hydrogen-bond acceptors (Lipinski definition) is 4. The van der Waals surface area contributed by atoms with Gasteiger partial charge >= 0.3 is 0 Å². The molecule has 70 valence electrons. The van der Waals surface area contributed by atoms with Crippen LogP contribution in [0.3, 0.4) is 0 Å². The quantitative estimate of drug-likeness (QED) is 0.308. The van der Waals surface area contributed by atoms with Crippen LogP contribution in [0.25, 0.3) is 0 Å². The average molecular weight is 239 g/mol. The van der Waals surface area contributed by atoms with Crippen LogP contribution in [0.5, 0.6) is 0 Å². The lowest BCUT2D eigenvalue weighted by atomic mass is 10.4. The predicted molar refractivity (Wildman–Crippen MR) is 47.0 cm³/mol. The van der Waals surface area contributed by atoms with Gasteiger partial charge in [-0.25, -0.2) is 0 Å². The number of hydrogen-bond donors (Lipinski definition) is 0. The number of halogens is 1. The Kier molecular flexibility index (Phi) is 3.90. The molecule has 0 aromatic rings. The monoisotopic (exact) mass is 238 g/mol. The van der Waals surface area contributed by atoms with Crippen molar-refractivity contribution in [3.63, 3.8) is 0 Å². The van der Waals surface area contributed by atoms with Crippen molar-refractivity contribution in [1.29, 1.82) is 0 Å². The summed E-state index contributed by atoms with van der Waals surface area (Å²) in [6.07, 6.45) is 0. The molecule has 1 saturated heterocycles. The Bertz CT molecular complexity index is 161. The highest BCUT2D eigenvalue weighted by molar-refractivity contribution is 9.09. The zero-order chi connectivity index (χ0) is 8.97. The molecule has 0 spiro atoms. The standard InChI is InChI=1S/C6H11BrN2O3/c7-6(9(10)11)5-8-1-3-12-4-2-8/h6H,1-5H2. The summed E-state index contributed by atoms with van der Waals surface area (Å²) in [7, 11) is 0. The highest BCUT2D eigenvalue weighted by Gasteiger charge is 2.21. The third kappa shape index (κ3) is 3.04. The van der Waals surface area contributed by atoms with E-state index in [4.69, 9.17) is 4.74 Å². The van der Waals surface area contributed by atoms with Crippen molar-refractivity contribution in [1.82, 2.24) is 4.90 Å². The van der Waals surface area contributed by atoms with Crippen LogP contribution < -0.4 is 0 Å². The summed E-state index contributed by atoms with van der Waals surface area (Å²) in [6, 6.07) is 0. The van der Waals surface area contributed by atoms with E-state index in [0.717, 1.165) is 13.1 Å². The number of ether oxygens (including phenoxy) is 1. The Morgan fingerprint density at radius 1 is 1.58 bits per heavy atom. The molecule has 1 atom stereocenters. The van der Waals surface area contributed by atoms with Gasteiger partial charge in [0.15, 0.2) is 0 Å². The summed E-state index contributed by atoms with van der Waals surface area (Å²) < 4.78 is 5.11. The van der Waals surface area contributed by atoms with Gasteiger partial charge in [0.2, 0.25) is 0 Å². The maximum absolute atomic E-state index is 10.3. The van der Waals surface area contributed by atoms with Crippen LogP contribution in [0.2, 0.25) is 0 Å². The lowest BCUT2D eigenvalue weighted by molar-refractivity contribution is -0.493. The number of morpholine rings is 1. The van der Waals surface area contributed by atoms with E-state index in [-0.39, 0.29) is 4.92 Å². The van der Waals surface area contributed by atoms with Crippen LogP contribution in [-0.4, -0.2) is 47.6 Å². The number of alkyl halides is 1. The fourth-order valence-corrected chi connectivity index (χ4v) is 1.47. The second-order valence-corrected chi connectivity index (χ2v) is 3.69. The minimum absolute atomic E-state index is 0.324. The van der Waals surface area contributed by atoms with Crippen LogP contribution in [-0.2, 0) is 4.74 Å². The first-order valence-electron chi connectivity index (χ1n) is 3.78. The zero-order valence-corrected chi connectivity index (χ0v) is 8.20. The summed E-state index contributed by atoms with van der Waals surface area (Å²) in [5, 5.41) is 10.3. The van der Waals surface area contributed by atoms with Gasteiger partial charge in [-0.2, -0.15) is 0 Å². The van der Waals surface area contributed by atoms with E-state index in [1.54, 1.807) is 0 Å². The van der Waals surface area contributed by atoms with Gasteiger partial charge in [0, 0.05) is 18.0 Å². The van der Waals surface area contributed by atoms with E-state index in [0.29, 0.717) is 19.8 Å². The second kappa shape index (κ2) is 4.74. The summed E-state index contributed by atoms with van der Waals surface area (Å²) in [6.45, 7) is 3.39. The van der Waals surface area contributed by atoms with Crippen LogP contribution in [0.4, 0.5) is 0 Å². The van der Waals surface area contributed by atoms with Gasteiger partial charge in [0.05, 0.1) is 19.8 Å². The molecule has 12 heavy (non-hydrogen) atoms. The van der Waals surface area contributed by atoms with Crippen molar-refractivity contribution in [3.8, 4) is 0 Å². The number of nitrogens with zero attached hydrogens (tertiary/aromatic N) is 2. The van der Waals surface area contributed by atoms with Crippen LogP contribution >= 0.6 is 15.9 Å². The number of rotatable bonds is 3. The van der Waals surface area contributed by atoms with Crippen molar-refractivity contribution in [2.75, 3.05) is 32.8 Å². The van der Waals surface area contributed by atoms with Crippen molar-refractivity contribution in [2.45, 2.75) is 4.95 Å². The second-order valence-electron chi connectivity index (χ2n) is 2.63. The van der Waals surface area contributed by atoms with E-state index < -0.39 is 4.95 Å². The van der Waals surface area contributed by atoms with Gasteiger partial charge in [-0.15, -0.1) is 0 Å². The molecule has 0 aliphatic carbocycles. The molecule has 0 saturated carbocycles. The molecule has 1 heterocycles. The smallest absolute Gasteiger partial charge is 0.278 e. The van der Waals surface area contributed by atoms with E-state index >= 15 is 0 Å². The van der Waals surface area contributed by atoms with Gasteiger partial charge in [-0.1, -0.05) is 0 Å². The van der Waals surface area contributed by atoms with Gasteiger partial charge < -0.3 is 4.74 Å². The average Bonchev–Trinajstić information content (AvgIpc) is 2.06. The Labute approximate surface area is 79.0 Å². The normalized spacial score (nSPS) is 22.1. The first kappa shape index (κ1) is 9.88. The summed E-state index contributed by atoms with van der Waals surface area (Å²) >= 11 is 3.00. The van der Waals surface area contributed by atoms with E-state index in [2.05, 4.69) is 15.9 Å². The Morgan fingerprint density at radius 2 is 2.17 bits per heavy atom. The minimum atomic E-state index is -0.657. The van der Waals surface area contributed by atoms with E-state index in [1.807, 2.05) is 4.90 Å². The molecular weight excluding hydrogens is 228 g/mol.